The van der Waals surface area contributed by atoms with E-state index in [4.69, 9.17) is 4.11 Å². The Morgan fingerprint density at radius 1 is 1.18 bits per heavy atom. The van der Waals surface area contributed by atoms with E-state index in [2.05, 4.69) is 25.9 Å². The zero-order valence-electron chi connectivity index (χ0n) is 21.2. The number of fused-ring (bicyclic) bond motifs is 3. The van der Waals surface area contributed by atoms with Gasteiger partial charge in [-0.25, -0.2) is 18.4 Å². The van der Waals surface area contributed by atoms with Crippen LogP contribution >= 0.6 is 0 Å². The largest absolute Gasteiger partial charge is 0.364 e. The van der Waals surface area contributed by atoms with Gasteiger partial charge in [-0.3, -0.25) is 9.59 Å². The topological polar surface area (TPSA) is 139 Å². The highest BCUT2D eigenvalue weighted by atomic mass is 19.1. The van der Waals surface area contributed by atoms with E-state index >= 15 is 0 Å². The normalized spacial score (nSPS) is 16.0. The number of aryl methyl sites for hydroxylation is 1. The molecule has 1 aliphatic heterocycles. The third kappa shape index (κ3) is 3.64. The van der Waals surface area contributed by atoms with Crippen LogP contribution in [0.15, 0.2) is 23.0 Å². The molecule has 13 heteroatoms. The van der Waals surface area contributed by atoms with Crippen LogP contribution < -0.4 is 26.5 Å². The number of benzene rings is 1. The summed E-state index contributed by atoms with van der Waals surface area (Å²) >= 11 is 0. The Morgan fingerprint density at radius 3 is 2.71 bits per heavy atom. The van der Waals surface area contributed by atoms with Crippen molar-refractivity contribution >= 4 is 34.7 Å². The molecule has 0 saturated heterocycles. The van der Waals surface area contributed by atoms with Crippen molar-refractivity contribution < 1.29 is 18.1 Å². The maximum absolute atomic E-state index is 14.8. The summed E-state index contributed by atoms with van der Waals surface area (Å²) in [6, 6.07) is 3.66. The molecule has 2 aliphatic rings. The first kappa shape index (κ1) is 18.2. The van der Waals surface area contributed by atoms with Crippen molar-refractivity contribution in [3.8, 4) is 5.69 Å². The van der Waals surface area contributed by atoms with Gasteiger partial charge in [0.1, 0.15) is 5.82 Å². The van der Waals surface area contributed by atoms with Crippen LogP contribution in [0, 0.1) is 11.7 Å². The highest BCUT2D eigenvalue weighted by Gasteiger charge is 2.31. The molecule has 176 valence electrons. The molecule has 0 bridgehead atoms. The monoisotopic (exact) mass is 470 g/mol. The predicted octanol–water partition coefficient (Wildman–Crippen LogP) is 0.902. The number of carbonyl (C=O) groups is 2. The Balaban J connectivity index is 1.60. The zero-order chi connectivity index (χ0) is 26.6. The number of rotatable bonds is 5. The Bertz CT molecular complexity index is 1500. The number of amides is 2. The number of aromatic nitrogens is 5. The third-order valence-corrected chi connectivity index (χ3v) is 5.64. The van der Waals surface area contributed by atoms with Crippen molar-refractivity contribution in [2.75, 3.05) is 29.6 Å². The van der Waals surface area contributed by atoms with E-state index in [-0.39, 0.29) is 41.2 Å². The molecule has 0 atom stereocenters. The number of hydrogen-bond acceptors (Lipinski definition) is 8. The molecule has 3 aromatic rings. The molecule has 1 aliphatic carbocycles. The van der Waals surface area contributed by atoms with E-state index in [0.29, 0.717) is 11.5 Å². The second kappa shape index (κ2) is 7.93. The minimum atomic E-state index is -2.80. The lowest BCUT2D eigenvalue weighted by atomic mass is 10.1. The molecule has 3 N–H and O–H groups in total. The number of hydrogen-bond donors (Lipinski definition) is 3. The molecule has 0 spiro atoms. The van der Waals surface area contributed by atoms with Gasteiger partial charge in [-0.05, 0) is 18.9 Å². The molecule has 0 radical (unpaired) electrons. The Kier molecular flexibility index (Phi) is 4.24. The van der Waals surface area contributed by atoms with Gasteiger partial charge in [-0.2, -0.15) is 5.10 Å². The van der Waals surface area contributed by atoms with E-state index in [1.165, 1.54) is 23.7 Å². The average Bonchev–Trinajstić information content (AvgIpc) is 3.59. The minimum Gasteiger partial charge on any atom is -0.364 e. The molecule has 5 rings (SSSR count). The molecule has 3 heterocycles. The first-order valence-electron chi connectivity index (χ1n) is 11.9. The van der Waals surface area contributed by atoms with Crippen LogP contribution in [-0.4, -0.2) is 50.4 Å². The quantitative estimate of drug-likeness (QED) is 0.500. The fourth-order valence-electron chi connectivity index (χ4n) is 3.90. The lowest BCUT2D eigenvalue weighted by Crippen LogP contribution is -2.31. The number of nitrogens with one attached hydrogen (secondary N) is 3. The highest BCUT2D eigenvalue weighted by Crippen LogP contribution is 2.39. The van der Waals surface area contributed by atoms with Crippen LogP contribution in [0.1, 0.15) is 33.3 Å². The van der Waals surface area contributed by atoms with Gasteiger partial charge in [-0.15, -0.1) is 10.2 Å². The van der Waals surface area contributed by atoms with Gasteiger partial charge in [0.2, 0.25) is 5.91 Å². The summed E-state index contributed by atoms with van der Waals surface area (Å²) in [5.74, 6) is -1.70. The second-order valence-electron chi connectivity index (χ2n) is 8.17. The fraction of sp³-hybridized carbons (Fsp3) is 0.333. The standard InChI is InChI=1S/C21H22FN9O3/c1-23-20(33)17-12(8-15(26-27-17)25-19(32)10-4-5-10)24-13-6-11(22)7-14-18(13)29(2)9-16-28-30(3)21(34)31(14)16/h6-8,10H,4-5,9H2,1-3H3,(H,23,33)(H2,24,25,26,32)/i1D3. The lowest BCUT2D eigenvalue weighted by molar-refractivity contribution is -0.117. The summed E-state index contributed by atoms with van der Waals surface area (Å²) in [5.41, 5.74) is -0.0816. The summed E-state index contributed by atoms with van der Waals surface area (Å²) in [6.07, 6.45) is 1.50. The lowest BCUT2D eigenvalue weighted by Gasteiger charge is -2.30. The molecule has 2 amide bonds. The van der Waals surface area contributed by atoms with Gasteiger partial charge in [0.15, 0.2) is 17.3 Å². The van der Waals surface area contributed by atoms with E-state index in [9.17, 15) is 18.8 Å². The Hall–Kier alpha value is -4.29. The molecular formula is C21H22FN9O3. The fourth-order valence-corrected chi connectivity index (χ4v) is 3.90. The van der Waals surface area contributed by atoms with Crippen molar-refractivity contribution in [2.24, 2.45) is 13.0 Å². The number of anilines is 4. The van der Waals surface area contributed by atoms with E-state index in [1.54, 1.807) is 11.9 Å². The van der Waals surface area contributed by atoms with E-state index in [0.717, 1.165) is 23.6 Å². The zero-order valence-corrected chi connectivity index (χ0v) is 18.2. The van der Waals surface area contributed by atoms with Gasteiger partial charge in [0.05, 0.1) is 29.3 Å². The summed E-state index contributed by atoms with van der Waals surface area (Å²) in [6.45, 7) is -2.57. The van der Waals surface area contributed by atoms with Crippen LogP contribution in [0.5, 0.6) is 0 Å². The van der Waals surface area contributed by atoms with Crippen molar-refractivity contribution in [1.82, 2.24) is 29.9 Å². The SMILES string of the molecule is [2H]C([2H])([2H])NC(=O)c1nnc(NC(=O)C2CC2)cc1Nc1cc(F)cc2c1N(C)Cc1nn(C)c(=O)n1-2. The van der Waals surface area contributed by atoms with Crippen LogP contribution in [0.3, 0.4) is 0 Å². The van der Waals surface area contributed by atoms with Gasteiger partial charge in [-0.1, -0.05) is 0 Å². The molecule has 0 unspecified atom stereocenters. The number of nitrogens with zero attached hydrogens (tertiary/aromatic N) is 6. The third-order valence-electron chi connectivity index (χ3n) is 5.64. The summed E-state index contributed by atoms with van der Waals surface area (Å²) < 4.78 is 39.3. The van der Waals surface area contributed by atoms with Crippen LogP contribution in [0.4, 0.5) is 27.3 Å². The molecule has 2 aromatic heterocycles. The van der Waals surface area contributed by atoms with Crippen LogP contribution in [-0.2, 0) is 18.4 Å². The molecule has 1 saturated carbocycles. The average molecular weight is 470 g/mol. The highest BCUT2D eigenvalue weighted by molar-refractivity contribution is 6.00. The maximum atomic E-state index is 14.8. The number of carbonyl (C=O) groups excluding carboxylic acids is 2. The van der Waals surface area contributed by atoms with Gasteiger partial charge >= 0.3 is 5.69 Å². The summed E-state index contributed by atoms with van der Waals surface area (Å²) in [5, 5.41) is 19.3. The van der Waals surface area contributed by atoms with Gasteiger partial charge < -0.3 is 20.9 Å². The van der Waals surface area contributed by atoms with E-state index < -0.39 is 30.1 Å². The second-order valence-corrected chi connectivity index (χ2v) is 8.17. The Labute approximate surface area is 197 Å². The maximum Gasteiger partial charge on any atom is 0.350 e. The minimum absolute atomic E-state index is 0.0224. The van der Waals surface area contributed by atoms with Gasteiger partial charge in [0, 0.05) is 43.2 Å². The predicted molar refractivity (Wildman–Crippen MR) is 121 cm³/mol. The van der Waals surface area contributed by atoms with Crippen molar-refractivity contribution in [3.63, 3.8) is 0 Å². The van der Waals surface area contributed by atoms with Crippen LogP contribution in [0.25, 0.3) is 5.69 Å². The number of halogens is 1. The van der Waals surface area contributed by atoms with Crippen molar-refractivity contribution in [1.29, 1.82) is 0 Å². The van der Waals surface area contributed by atoms with Gasteiger partial charge in [0.25, 0.3) is 5.91 Å². The molecular weight excluding hydrogens is 445 g/mol. The molecule has 12 nitrogen and oxygen atoms in total. The molecule has 1 aromatic carbocycles. The first-order valence-corrected chi connectivity index (χ1v) is 10.4. The van der Waals surface area contributed by atoms with Crippen molar-refractivity contribution in [3.05, 3.63) is 46.0 Å². The van der Waals surface area contributed by atoms with Crippen LogP contribution in [0.2, 0.25) is 0 Å². The molecule has 1 fully saturated rings. The first-order chi connectivity index (χ1) is 17.4. The Morgan fingerprint density at radius 2 is 1.97 bits per heavy atom. The van der Waals surface area contributed by atoms with E-state index in [1.807, 2.05) is 5.32 Å². The summed E-state index contributed by atoms with van der Waals surface area (Å²) in [7, 11) is 3.21. The smallest absolute Gasteiger partial charge is 0.350 e. The van der Waals surface area contributed by atoms with Crippen molar-refractivity contribution in [2.45, 2.75) is 19.4 Å². The molecule has 34 heavy (non-hydrogen) atoms. The summed E-state index contributed by atoms with van der Waals surface area (Å²) in [4.78, 5) is 39.4.